The highest BCUT2D eigenvalue weighted by Gasteiger charge is 2.20. The first kappa shape index (κ1) is 16.5. The molecule has 4 rings (SSSR count). The minimum Gasteiger partial charge on any atom is -0.355 e. The lowest BCUT2D eigenvalue weighted by molar-refractivity contribution is 0.103. The van der Waals surface area contributed by atoms with Crippen LogP contribution in [-0.2, 0) is 0 Å². The van der Waals surface area contributed by atoms with Gasteiger partial charge in [-0.3, -0.25) is 10.5 Å². The van der Waals surface area contributed by atoms with E-state index in [4.69, 9.17) is 10.7 Å². The van der Waals surface area contributed by atoms with Gasteiger partial charge in [-0.05, 0) is 36.6 Å². The molecule has 1 aliphatic heterocycles. The Balaban J connectivity index is 1.83. The second-order valence-electron chi connectivity index (χ2n) is 6.37. The van der Waals surface area contributed by atoms with Gasteiger partial charge < -0.3 is 10.2 Å². The monoisotopic (exact) mass is 346 g/mol. The number of anilines is 1. The van der Waals surface area contributed by atoms with Gasteiger partial charge in [0.05, 0.1) is 5.56 Å². The Hall–Kier alpha value is -2.99. The van der Waals surface area contributed by atoms with Gasteiger partial charge >= 0.3 is 0 Å². The first-order valence-electron chi connectivity index (χ1n) is 8.81. The van der Waals surface area contributed by atoms with Crippen molar-refractivity contribution in [2.75, 3.05) is 31.1 Å². The zero-order valence-corrected chi connectivity index (χ0v) is 14.4. The van der Waals surface area contributed by atoms with Crippen LogP contribution in [0, 0.1) is 0 Å². The lowest BCUT2D eigenvalue weighted by Crippen LogP contribution is -2.29. The highest BCUT2D eigenvalue weighted by molar-refractivity contribution is 6.12. The van der Waals surface area contributed by atoms with Crippen LogP contribution in [0.2, 0.25) is 0 Å². The molecule has 0 atom stereocenters. The quantitative estimate of drug-likeness (QED) is 0.737. The first-order valence-corrected chi connectivity index (χ1v) is 8.81. The number of rotatable bonds is 3. The minimum atomic E-state index is -0.261. The molecule has 3 aromatic rings. The van der Waals surface area contributed by atoms with Crippen LogP contribution in [0.15, 0.2) is 48.7 Å². The van der Waals surface area contributed by atoms with E-state index in [1.54, 1.807) is 12.1 Å². The van der Waals surface area contributed by atoms with Crippen LogP contribution in [-0.4, -0.2) is 41.9 Å². The standard InChI is InChI=1S/C20H20N5O/c21-19-16(7-3-9-23-19)18(26)17-13-14-5-1-2-6-15(14)20(24-17)25-11-4-8-22-10-12-25/h1-3,5-7,9,13,21-22H,4,8,10-12H2. The molecule has 2 N–H and O–H groups in total. The molecule has 0 bridgehead atoms. The fourth-order valence-electron chi connectivity index (χ4n) is 3.32. The molecule has 6 nitrogen and oxygen atoms in total. The molecule has 0 saturated carbocycles. The number of pyridine rings is 2. The summed E-state index contributed by atoms with van der Waals surface area (Å²) in [6.07, 6.45) is 2.55. The van der Waals surface area contributed by atoms with Crippen molar-refractivity contribution in [3.8, 4) is 0 Å². The molecule has 1 aliphatic rings. The summed E-state index contributed by atoms with van der Waals surface area (Å²) in [5.41, 5.74) is 8.55. The SMILES string of the molecule is [NH]c1ncccc1C(=O)c1cc2ccccc2c(N2CCCNCC2)n1. The van der Waals surface area contributed by atoms with Crippen molar-refractivity contribution in [3.05, 3.63) is 59.9 Å². The van der Waals surface area contributed by atoms with Gasteiger partial charge in [0.2, 0.25) is 5.78 Å². The summed E-state index contributed by atoms with van der Waals surface area (Å²) >= 11 is 0. The van der Waals surface area contributed by atoms with Crippen molar-refractivity contribution in [3.63, 3.8) is 0 Å². The summed E-state index contributed by atoms with van der Waals surface area (Å²) in [7, 11) is 0. The average molecular weight is 346 g/mol. The van der Waals surface area contributed by atoms with E-state index >= 15 is 0 Å². The lowest BCUT2D eigenvalue weighted by atomic mass is 10.0. The average Bonchev–Trinajstić information content (AvgIpc) is 2.96. The predicted octanol–water partition coefficient (Wildman–Crippen LogP) is 2.57. The van der Waals surface area contributed by atoms with E-state index in [9.17, 15) is 4.79 Å². The van der Waals surface area contributed by atoms with E-state index in [1.807, 2.05) is 30.3 Å². The van der Waals surface area contributed by atoms with Crippen LogP contribution >= 0.6 is 0 Å². The molecule has 2 aromatic heterocycles. The largest absolute Gasteiger partial charge is 0.355 e. The van der Waals surface area contributed by atoms with Gasteiger partial charge in [0.1, 0.15) is 11.5 Å². The maximum Gasteiger partial charge on any atom is 0.215 e. The summed E-state index contributed by atoms with van der Waals surface area (Å²) in [5, 5.41) is 5.42. The first-order chi connectivity index (χ1) is 12.7. The number of benzene rings is 1. The summed E-state index contributed by atoms with van der Waals surface area (Å²) in [5.74, 6) is 0.557. The van der Waals surface area contributed by atoms with Crippen molar-refractivity contribution in [1.82, 2.24) is 21.0 Å². The van der Waals surface area contributed by atoms with Crippen molar-refractivity contribution >= 4 is 28.2 Å². The van der Waals surface area contributed by atoms with Gasteiger partial charge in [0.15, 0.2) is 5.82 Å². The number of hydrogen-bond donors (Lipinski definition) is 1. The van der Waals surface area contributed by atoms with E-state index in [2.05, 4.69) is 15.2 Å². The van der Waals surface area contributed by atoms with E-state index in [0.29, 0.717) is 5.69 Å². The summed E-state index contributed by atoms with van der Waals surface area (Å²) in [6, 6.07) is 13.1. The van der Waals surface area contributed by atoms with E-state index < -0.39 is 0 Å². The summed E-state index contributed by atoms with van der Waals surface area (Å²) < 4.78 is 0. The number of aromatic nitrogens is 2. The third kappa shape index (κ3) is 3.11. The molecule has 0 unspecified atom stereocenters. The maximum atomic E-state index is 13.0. The molecule has 0 aliphatic carbocycles. The van der Waals surface area contributed by atoms with E-state index in [-0.39, 0.29) is 17.2 Å². The number of fused-ring (bicyclic) bond motifs is 1. The topological polar surface area (TPSA) is 81.9 Å². The Bertz CT molecular complexity index is 948. The Morgan fingerprint density at radius 1 is 1.12 bits per heavy atom. The molecule has 1 radical (unpaired) electrons. The molecule has 0 spiro atoms. The van der Waals surface area contributed by atoms with E-state index in [1.165, 1.54) is 6.20 Å². The molecule has 6 heteroatoms. The predicted molar refractivity (Wildman–Crippen MR) is 102 cm³/mol. The fourth-order valence-corrected chi connectivity index (χ4v) is 3.32. The van der Waals surface area contributed by atoms with Crippen molar-refractivity contribution < 1.29 is 4.79 Å². The highest BCUT2D eigenvalue weighted by atomic mass is 16.1. The van der Waals surface area contributed by atoms with Crippen LogP contribution in [0.4, 0.5) is 11.6 Å². The number of hydrogen-bond acceptors (Lipinski definition) is 5. The molecule has 26 heavy (non-hydrogen) atoms. The Kier molecular flexibility index (Phi) is 4.50. The Morgan fingerprint density at radius 3 is 2.88 bits per heavy atom. The van der Waals surface area contributed by atoms with Crippen LogP contribution in [0.25, 0.3) is 10.8 Å². The number of carbonyl (C=O) groups is 1. The zero-order valence-electron chi connectivity index (χ0n) is 14.4. The Labute approximate surface area is 152 Å². The molecule has 1 saturated heterocycles. The fraction of sp³-hybridized carbons (Fsp3) is 0.250. The smallest absolute Gasteiger partial charge is 0.215 e. The number of ketones is 1. The van der Waals surface area contributed by atoms with Gasteiger partial charge in [0, 0.05) is 31.2 Å². The second kappa shape index (κ2) is 7.09. The van der Waals surface area contributed by atoms with Crippen molar-refractivity contribution in [2.45, 2.75) is 6.42 Å². The maximum absolute atomic E-state index is 13.0. The lowest BCUT2D eigenvalue weighted by Gasteiger charge is -2.23. The normalized spacial score (nSPS) is 15.0. The zero-order chi connectivity index (χ0) is 17.9. The number of nitrogens with zero attached hydrogens (tertiary/aromatic N) is 3. The van der Waals surface area contributed by atoms with Gasteiger partial charge in [-0.2, -0.15) is 0 Å². The van der Waals surface area contributed by atoms with Crippen molar-refractivity contribution in [2.24, 2.45) is 0 Å². The minimum absolute atomic E-state index is 0.0204. The van der Waals surface area contributed by atoms with Crippen LogP contribution in [0.1, 0.15) is 22.5 Å². The van der Waals surface area contributed by atoms with Crippen LogP contribution in [0.5, 0.6) is 0 Å². The Morgan fingerprint density at radius 2 is 2.00 bits per heavy atom. The molecule has 0 amide bonds. The molecule has 1 aromatic carbocycles. The van der Waals surface area contributed by atoms with Crippen LogP contribution < -0.4 is 16.0 Å². The number of nitrogens with one attached hydrogen (secondary N) is 2. The third-order valence-electron chi connectivity index (χ3n) is 4.64. The molecule has 131 valence electrons. The van der Waals surface area contributed by atoms with Crippen LogP contribution in [0.3, 0.4) is 0 Å². The molecule has 1 fully saturated rings. The summed E-state index contributed by atoms with van der Waals surface area (Å²) in [6.45, 7) is 3.64. The van der Waals surface area contributed by atoms with Gasteiger partial charge in [0.25, 0.3) is 0 Å². The van der Waals surface area contributed by atoms with E-state index in [0.717, 1.165) is 49.2 Å². The van der Waals surface area contributed by atoms with Gasteiger partial charge in [-0.25, -0.2) is 9.97 Å². The third-order valence-corrected chi connectivity index (χ3v) is 4.64. The second-order valence-corrected chi connectivity index (χ2v) is 6.37. The number of carbonyl (C=O) groups excluding carboxylic acids is 1. The van der Waals surface area contributed by atoms with Gasteiger partial charge in [-0.1, -0.05) is 24.3 Å². The van der Waals surface area contributed by atoms with Gasteiger partial charge in [-0.15, -0.1) is 0 Å². The summed E-state index contributed by atoms with van der Waals surface area (Å²) in [4.78, 5) is 23.8. The van der Waals surface area contributed by atoms with Crippen molar-refractivity contribution in [1.29, 1.82) is 0 Å². The molecular weight excluding hydrogens is 326 g/mol. The molecular formula is C20H20N5O. The molecule has 3 heterocycles. The highest BCUT2D eigenvalue weighted by Crippen LogP contribution is 2.27.